The number of benzene rings is 1. The van der Waals surface area contributed by atoms with Crippen LogP contribution in [-0.4, -0.2) is 6.54 Å². The number of halogens is 1. The lowest BCUT2D eigenvalue weighted by atomic mass is 10.1. The summed E-state index contributed by atoms with van der Waals surface area (Å²) in [6, 6.07) is 7.11. The van der Waals surface area contributed by atoms with Crippen LogP contribution in [-0.2, 0) is 0 Å². The van der Waals surface area contributed by atoms with Gasteiger partial charge >= 0.3 is 0 Å². The van der Waals surface area contributed by atoms with E-state index in [0.717, 1.165) is 12.5 Å². The maximum Gasteiger partial charge on any atom is 0.123 e. The molecule has 88 valence electrons. The lowest BCUT2D eigenvalue weighted by Crippen LogP contribution is -2.24. The molecule has 1 aromatic carbocycles. The van der Waals surface area contributed by atoms with Gasteiger partial charge in [0.15, 0.2) is 0 Å². The van der Waals surface area contributed by atoms with Crippen LogP contribution in [0.15, 0.2) is 24.3 Å². The Labute approximate surface area is 97.1 Å². The Balaban J connectivity index is 1.82. The summed E-state index contributed by atoms with van der Waals surface area (Å²) < 4.78 is 12.8. The number of hydrogen-bond donors (Lipinski definition) is 1. The fourth-order valence-corrected chi connectivity index (χ4v) is 2.43. The SMILES string of the molecule is CC(NCC1CCCC1)c1ccc(F)cc1. The van der Waals surface area contributed by atoms with Gasteiger partial charge in [0, 0.05) is 6.04 Å². The van der Waals surface area contributed by atoms with Crippen molar-refractivity contribution in [3.63, 3.8) is 0 Å². The standard InChI is InChI=1S/C14H20FN/c1-11(13-6-8-14(15)9-7-13)16-10-12-4-2-3-5-12/h6-9,11-12,16H,2-5,10H2,1H3. The van der Waals surface area contributed by atoms with E-state index in [0.29, 0.717) is 6.04 Å². The fourth-order valence-electron chi connectivity index (χ4n) is 2.43. The highest BCUT2D eigenvalue weighted by Crippen LogP contribution is 2.24. The van der Waals surface area contributed by atoms with Crippen molar-refractivity contribution in [3.05, 3.63) is 35.6 Å². The molecular weight excluding hydrogens is 201 g/mol. The van der Waals surface area contributed by atoms with E-state index in [1.165, 1.54) is 43.4 Å². The number of rotatable bonds is 4. The zero-order chi connectivity index (χ0) is 11.4. The van der Waals surface area contributed by atoms with Gasteiger partial charge in [0.25, 0.3) is 0 Å². The Hall–Kier alpha value is -0.890. The molecule has 2 heteroatoms. The zero-order valence-corrected chi connectivity index (χ0v) is 9.88. The average Bonchev–Trinajstić information content (AvgIpc) is 2.80. The zero-order valence-electron chi connectivity index (χ0n) is 9.88. The Bertz CT molecular complexity index is 314. The fraction of sp³-hybridized carbons (Fsp3) is 0.571. The normalized spacial score (nSPS) is 18.9. The molecule has 1 fully saturated rings. The maximum atomic E-state index is 12.8. The van der Waals surface area contributed by atoms with Crippen molar-refractivity contribution >= 4 is 0 Å². The Morgan fingerprint density at radius 1 is 1.25 bits per heavy atom. The smallest absolute Gasteiger partial charge is 0.123 e. The molecule has 1 N–H and O–H groups in total. The van der Waals surface area contributed by atoms with Crippen LogP contribution in [0.3, 0.4) is 0 Å². The van der Waals surface area contributed by atoms with Crippen LogP contribution < -0.4 is 5.32 Å². The number of nitrogens with one attached hydrogen (secondary N) is 1. The summed E-state index contributed by atoms with van der Waals surface area (Å²) in [6.07, 6.45) is 5.50. The highest BCUT2D eigenvalue weighted by atomic mass is 19.1. The molecule has 0 aliphatic heterocycles. The van der Waals surface area contributed by atoms with Gasteiger partial charge in [0.05, 0.1) is 0 Å². The Morgan fingerprint density at radius 3 is 2.50 bits per heavy atom. The first-order chi connectivity index (χ1) is 7.75. The van der Waals surface area contributed by atoms with Crippen LogP contribution >= 0.6 is 0 Å². The van der Waals surface area contributed by atoms with Crippen molar-refractivity contribution in [1.29, 1.82) is 0 Å². The van der Waals surface area contributed by atoms with Gasteiger partial charge in [0.1, 0.15) is 5.82 Å². The second-order valence-corrected chi connectivity index (χ2v) is 4.83. The van der Waals surface area contributed by atoms with E-state index in [4.69, 9.17) is 0 Å². The highest BCUT2D eigenvalue weighted by molar-refractivity contribution is 5.19. The lowest BCUT2D eigenvalue weighted by Gasteiger charge is -2.17. The maximum absolute atomic E-state index is 12.8. The molecule has 0 saturated heterocycles. The summed E-state index contributed by atoms with van der Waals surface area (Å²) in [5.41, 5.74) is 1.17. The molecule has 1 aliphatic carbocycles. The molecule has 1 aliphatic rings. The summed E-state index contributed by atoms with van der Waals surface area (Å²) in [5.74, 6) is 0.689. The van der Waals surface area contributed by atoms with Gasteiger partial charge in [0.2, 0.25) is 0 Å². The molecule has 1 nitrogen and oxygen atoms in total. The Kier molecular flexibility index (Phi) is 3.94. The molecule has 16 heavy (non-hydrogen) atoms. The Morgan fingerprint density at radius 2 is 1.88 bits per heavy atom. The third-order valence-electron chi connectivity index (χ3n) is 3.56. The van der Waals surface area contributed by atoms with Gasteiger partial charge in [-0.3, -0.25) is 0 Å². The van der Waals surface area contributed by atoms with E-state index in [1.54, 1.807) is 0 Å². The quantitative estimate of drug-likeness (QED) is 0.818. The molecule has 1 aromatic rings. The molecule has 1 unspecified atom stereocenters. The van der Waals surface area contributed by atoms with Crippen LogP contribution in [0.1, 0.15) is 44.2 Å². The summed E-state index contributed by atoms with van der Waals surface area (Å²) in [7, 11) is 0. The van der Waals surface area contributed by atoms with Gasteiger partial charge in [-0.05, 0) is 49.9 Å². The first-order valence-corrected chi connectivity index (χ1v) is 6.24. The summed E-state index contributed by atoms with van der Waals surface area (Å²) in [5, 5.41) is 3.54. The minimum Gasteiger partial charge on any atom is -0.310 e. The van der Waals surface area contributed by atoms with Gasteiger partial charge in [-0.15, -0.1) is 0 Å². The summed E-state index contributed by atoms with van der Waals surface area (Å²) in [4.78, 5) is 0. The molecule has 2 rings (SSSR count). The predicted octanol–water partition coefficient (Wildman–Crippen LogP) is 3.67. The van der Waals surface area contributed by atoms with Crippen molar-refractivity contribution in [3.8, 4) is 0 Å². The second-order valence-electron chi connectivity index (χ2n) is 4.83. The topological polar surface area (TPSA) is 12.0 Å². The van der Waals surface area contributed by atoms with Crippen molar-refractivity contribution in [1.82, 2.24) is 5.32 Å². The van der Waals surface area contributed by atoms with Crippen LogP contribution in [0.25, 0.3) is 0 Å². The van der Waals surface area contributed by atoms with Crippen LogP contribution in [0, 0.1) is 11.7 Å². The molecule has 0 bridgehead atoms. The van der Waals surface area contributed by atoms with Crippen LogP contribution in [0.5, 0.6) is 0 Å². The monoisotopic (exact) mass is 221 g/mol. The lowest BCUT2D eigenvalue weighted by molar-refractivity contribution is 0.452. The van der Waals surface area contributed by atoms with Crippen molar-refractivity contribution in [2.75, 3.05) is 6.54 Å². The largest absolute Gasteiger partial charge is 0.310 e. The van der Waals surface area contributed by atoms with Gasteiger partial charge in [-0.1, -0.05) is 25.0 Å². The van der Waals surface area contributed by atoms with Crippen molar-refractivity contribution in [2.24, 2.45) is 5.92 Å². The summed E-state index contributed by atoms with van der Waals surface area (Å²) in [6.45, 7) is 3.24. The van der Waals surface area contributed by atoms with E-state index in [2.05, 4.69) is 12.2 Å². The first-order valence-electron chi connectivity index (χ1n) is 6.24. The van der Waals surface area contributed by atoms with E-state index in [-0.39, 0.29) is 5.82 Å². The third-order valence-corrected chi connectivity index (χ3v) is 3.56. The highest BCUT2D eigenvalue weighted by Gasteiger charge is 2.15. The number of hydrogen-bond acceptors (Lipinski definition) is 1. The molecule has 1 atom stereocenters. The molecule has 0 radical (unpaired) electrons. The van der Waals surface area contributed by atoms with Crippen molar-refractivity contribution in [2.45, 2.75) is 38.6 Å². The first kappa shape index (κ1) is 11.6. The predicted molar refractivity (Wildman–Crippen MR) is 64.8 cm³/mol. The molecule has 0 amide bonds. The van der Waals surface area contributed by atoms with E-state index in [9.17, 15) is 4.39 Å². The average molecular weight is 221 g/mol. The van der Waals surface area contributed by atoms with Gasteiger partial charge in [-0.2, -0.15) is 0 Å². The molecular formula is C14H20FN. The van der Waals surface area contributed by atoms with Gasteiger partial charge < -0.3 is 5.32 Å². The minimum absolute atomic E-state index is 0.160. The summed E-state index contributed by atoms with van der Waals surface area (Å²) >= 11 is 0. The minimum atomic E-state index is -0.160. The molecule has 0 spiro atoms. The molecule has 0 heterocycles. The molecule has 1 saturated carbocycles. The molecule has 0 aromatic heterocycles. The van der Waals surface area contributed by atoms with Crippen LogP contribution in [0.2, 0.25) is 0 Å². The van der Waals surface area contributed by atoms with E-state index in [1.807, 2.05) is 12.1 Å². The van der Waals surface area contributed by atoms with Crippen molar-refractivity contribution < 1.29 is 4.39 Å². The van der Waals surface area contributed by atoms with Gasteiger partial charge in [-0.25, -0.2) is 4.39 Å². The van der Waals surface area contributed by atoms with Crippen LogP contribution in [0.4, 0.5) is 4.39 Å². The van der Waals surface area contributed by atoms with E-state index >= 15 is 0 Å². The van der Waals surface area contributed by atoms with E-state index < -0.39 is 0 Å². The third kappa shape index (κ3) is 3.05. The second kappa shape index (κ2) is 5.44.